The third-order valence-electron chi connectivity index (χ3n) is 2.39. The van der Waals surface area contributed by atoms with Crippen molar-refractivity contribution in [3.8, 4) is 0 Å². The minimum Gasteiger partial charge on any atom is -0.392 e. The third-order valence-corrected chi connectivity index (χ3v) is 2.39. The van der Waals surface area contributed by atoms with Gasteiger partial charge in [-0.25, -0.2) is 0 Å². The Morgan fingerprint density at radius 3 is 3.07 bits per heavy atom. The largest absolute Gasteiger partial charge is 0.392 e. The average Bonchev–Trinajstić information content (AvgIpc) is 2.19. The predicted molar refractivity (Wildman–Crippen MR) is 52.7 cm³/mol. The van der Waals surface area contributed by atoms with Gasteiger partial charge in [0, 0.05) is 5.69 Å². The fraction of sp³-hybridized carbons (Fsp3) is 0.300. The summed E-state index contributed by atoms with van der Waals surface area (Å²) in [7, 11) is 0. The number of hydrogen-bond donors (Lipinski definition) is 3. The molecule has 1 aromatic carbocycles. The van der Waals surface area contributed by atoms with Crippen molar-refractivity contribution in [2.45, 2.75) is 19.1 Å². The number of nitrogens with one attached hydrogen (secondary N) is 1. The second-order valence-corrected chi connectivity index (χ2v) is 3.45. The average molecular weight is 192 g/mol. The highest BCUT2D eigenvalue weighted by molar-refractivity contribution is 5.97. The fourth-order valence-electron chi connectivity index (χ4n) is 1.57. The normalized spacial score (nSPS) is 20.1. The summed E-state index contributed by atoms with van der Waals surface area (Å²) < 4.78 is 0. The van der Waals surface area contributed by atoms with Crippen molar-refractivity contribution in [3.05, 3.63) is 29.3 Å². The predicted octanol–water partition coefficient (Wildman–Crippen LogP) is 0.000800. The van der Waals surface area contributed by atoms with E-state index in [1.807, 2.05) is 12.1 Å². The molecule has 0 saturated heterocycles. The van der Waals surface area contributed by atoms with Crippen LogP contribution < -0.4 is 11.1 Å². The van der Waals surface area contributed by atoms with E-state index >= 15 is 0 Å². The quantitative estimate of drug-likeness (QED) is 0.586. The molecule has 4 N–H and O–H groups in total. The van der Waals surface area contributed by atoms with Crippen LogP contribution in [0.3, 0.4) is 0 Å². The second-order valence-electron chi connectivity index (χ2n) is 3.45. The molecule has 1 aliphatic rings. The van der Waals surface area contributed by atoms with Crippen LogP contribution in [-0.4, -0.2) is 17.1 Å². The van der Waals surface area contributed by atoms with Crippen LogP contribution in [0.4, 0.5) is 5.69 Å². The van der Waals surface area contributed by atoms with Crippen molar-refractivity contribution < 1.29 is 9.90 Å². The number of hydrogen-bond acceptors (Lipinski definition) is 3. The summed E-state index contributed by atoms with van der Waals surface area (Å²) in [5.41, 5.74) is 8.18. The first-order valence-corrected chi connectivity index (χ1v) is 4.50. The molecule has 2 rings (SSSR count). The summed E-state index contributed by atoms with van der Waals surface area (Å²) in [5, 5.41) is 11.6. The van der Waals surface area contributed by atoms with Crippen molar-refractivity contribution in [1.82, 2.24) is 0 Å². The number of amides is 1. The summed E-state index contributed by atoms with van der Waals surface area (Å²) in [6.07, 6.45) is 0.562. The summed E-state index contributed by atoms with van der Waals surface area (Å²) >= 11 is 0. The van der Waals surface area contributed by atoms with Crippen molar-refractivity contribution in [2.75, 3.05) is 5.32 Å². The van der Waals surface area contributed by atoms with E-state index in [1.165, 1.54) is 0 Å². The lowest BCUT2D eigenvalue weighted by Crippen LogP contribution is -2.41. The summed E-state index contributed by atoms with van der Waals surface area (Å²) in [4.78, 5) is 11.3. The number of fused-ring (bicyclic) bond motifs is 1. The van der Waals surface area contributed by atoms with Crippen LogP contribution in [0.1, 0.15) is 11.1 Å². The van der Waals surface area contributed by atoms with Gasteiger partial charge >= 0.3 is 0 Å². The van der Waals surface area contributed by atoms with E-state index in [0.717, 1.165) is 16.8 Å². The van der Waals surface area contributed by atoms with Gasteiger partial charge in [0.05, 0.1) is 12.6 Å². The van der Waals surface area contributed by atoms with Crippen molar-refractivity contribution in [3.63, 3.8) is 0 Å². The Balaban J connectivity index is 2.37. The molecule has 74 valence electrons. The Morgan fingerprint density at radius 1 is 1.57 bits per heavy atom. The number of aliphatic hydroxyl groups excluding tert-OH is 1. The maximum atomic E-state index is 11.3. The molecule has 1 atom stereocenters. The van der Waals surface area contributed by atoms with Gasteiger partial charge in [0.1, 0.15) is 0 Å². The van der Waals surface area contributed by atoms with Gasteiger partial charge in [-0.15, -0.1) is 0 Å². The number of carbonyl (C=O) groups excluding carboxylic acids is 1. The molecule has 0 aliphatic carbocycles. The Kier molecular flexibility index (Phi) is 2.23. The number of anilines is 1. The van der Waals surface area contributed by atoms with E-state index in [0.29, 0.717) is 6.42 Å². The second kappa shape index (κ2) is 3.40. The van der Waals surface area contributed by atoms with E-state index in [4.69, 9.17) is 10.8 Å². The fourth-order valence-corrected chi connectivity index (χ4v) is 1.57. The van der Waals surface area contributed by atoms with Gasteiger partial charge in [-0.2, -0.15) is 0 Å². The molecule has 0 bridgehead atoms. The molecule has 1 aromatic rings. The van der Waals surface area contributed by atoms with Gasteiger partial charge < -0.3 is 16.2 Å². The SMILES string of the molecule is N[C@H]1Cc2ccc(CO)cc2NC1=O. The smallest absolute Gasteiger partial charge is 0.241 e. The summed E-state index contributed by atoms with van der Waals surface area (Å²) in [6, 6.07) is 5.05. The van der Waals surface area contributed by atoms with E-state index < -0.39 is 6.04 Å². The minimum absolute atomic E-state index is 0.0186. The monoisotopic (exact) mass is 192 g/mol. The standard InChI is InChI=1S/C10H12N2O2/c11-8-4-7-2-1-6(5-13)3-9(7)12-10(8)14/h1-3,8,13H,4-5,11H2,(H,12,14)/t8-/m0/s1. The highest BCUT2D eigenvalue weighted by Gasteiger charge is 2.22. The van der Waals surface area contributed by atoms with Crippen LogP contribution in [0.15, 0.2) is 18.2 Å². The van der Waals surface area contributed by atoms with Crippen molar-refractivity contribution in [1.29, 1.82) is 0 Å². The van der Waals surface area contributed by atoms with Gasteiger partial charge in [-0.1, -0.05) is 12.1 Å². The molecule has 0 unspecified atom stereocenters. The first kappa shape index (κ1) is 9.18. The molecule has 0 aromatic heterocycles. The van der Waals surface area contributed by atoms with Gasteiger partial charge in [-0.05, 0) is 23.6 Å². The Labute approximate surface area is 81.7 Å². The summed E-state index contributed by atoms with van der Waals surface area (Å²) in [5.74, 6) is -0.160. The van der Waals surface area contributed by atoms with E-state index in [2.05, 4.69) is 5.32 Å². The molecule has 0 saturated carbocycles. The van der Waals surface area contributed by atoms with Crippen molar-refractivity contribution in [2.24, 2.45) is 5.73 Å². The maximum Gasteiger partial charge on any atom is 0.241 e. The zero-order valence-electron chi connectivity index (χ0n) is 7.66. The number of aliphatic hydroxyl groups is 1. The van der Waals surface area contributed by atoms with Gasteiger partial charge in [0.2, 0.25) is 5.91 Å². The van der Waals surface area contributed by atoms with Gasteiger partial charge in [-0.3, -0.25) is 4.79 Å². The number of carbonyl (C=O) groups is 1. The minimum atomic E-state index is -0.456. The third kappa shape index (κ3) is 1.49. The van der Waals surface area contributed by atoms with Crippen LogP contribution in [0, 0.1) is 0 Å². The lowest BCUT2D eigenvalue weighted by atomic mass is 9.98. The Hall–Kier alpha value is -1.39. The zero-order chi connectivity index (χ0) is 10.1. The zero-order valence-corrected chi connectivity index (χ0v) is 7.66. The van der Waals surface area contributed by atoms with Crippen molar-refractivity contribution >= 4 is 11.6 Å². The van der Waals surface area contributed by atoms with E-state index in [-0.39, 0.29) is 12.5 Å². The first-order chi connectivity index (χ1) is 6.70. The number of rotatable bonds is 1. The lowest BCUT2D eigenvalue weighted by molar-refractivity contribution is -0.117. The lowest BCUT2D eigenvalue weighted by Gasteiger charge is -2.22. The summed E-state index contributed by atoms with van der Waals surface area (Å²) in [6.45, 7) is -0.0186. The van der Waals surface area contributed by atoms with E-state index in [9.17, 15) is 4.79 Å². The van der Waals surface area contributed by atoms with E-state index in [1.54, 1.807) is 6.07 Å². The van der Waals surface area contributed by atoms with Crippen LogP contribution in [0.2, 0.25) is 0 Å². The van der Waals surface area contributed by atoms with Crippen LogP contribution in [0.25, 0.3) is 0 Å². The number of nitrogens with two attached hydrogens (primary N) is 1. The number of benzene rings is 1. The molecule has 4 heteroatoms. The Morgan fingerprint density at radius 2 is 2.36 bits per heavy atom. The molecule has 1 heterocycles. The van der Waals surface area contributed by atoms with Gasteiger partial charge in [0.15, 0.2) is 0 Å². The first-order valence-electron chi connectivity index (χ1n) is 4.50. The van der Waals surface area contributed by atoms with Crippen LogP contribution in [-0.2, 0) is 17.8 Å². The highest BCUT2D eigenvalue weighted by Crippen LogP contribution is 2.23. The molecule has 4 nitrogen and oxygen atoms in total. The molecular formula is C10H12N2O2. The van der Waals surface area contributed by atoms with Crippen LogP contribution in [0.5, 0.6) is 0 Å². The highest BCUT2D eigenvalue weighted by atomic mass is 16.3. The topological polar surface area (TPSA) is 75.3 Å². The van der Waals surface area contributed by atoms with Crippen LogP contribution >= 0.6 is 0 Å². The molecule has 1 amide bonds. The molecule has 0 spiro atoms. The van der Waals surface area contributed by atoms with Gasteiger partial charge in [0.25, 0.3) is 0 Å². The Bertz CT molecular complexity index is 376. The molecule has 14 heavy (non-hydrogen) atoms. The maximum absolute atomic E-state index is 11.3. The molecule has 0 fully saturated rings. The molecule has 0 radical (unpaired) electrons. The molecule has 1 aliphatic heterocycles. The molecular weight excluding hydrogens is 180 g/mol.